The number of carbonyl (C=O) groups is 3. The minimum atomic E-state index is -1.10. The van der Waals surface area contributed by atoms with Crippen LogP contribution in [0.5, 0.6) is 0 Å². The molecule has 0 unspecified atom stereocenters. The molecule has 1 aliphatic carbocycles. The van der Waals surface area contributed by atoms with Crippen molar-refractivity contribution in [3.05, 3.63) is 12.2 Å². The zero-order valence-electron chi connectivity index (χ0n) is 12.3. The van der Waals surface area contributed by atoms with Crippen molar-refractivity contribution in [2.24, 2.45) is 5.92 Å². The minimum Gasteiger partial charge on any atom is -0.480 e. The molecule has 1 saturated carbocycles. The van der Waals surface area contributed by atoms with Crippen LogP contribution in [0.15, 0.2) is 12.2 Å². The Morgan fingerprint density at radius 1 is 1.29 bits per heavy atom. The highest BCUT2D eigenvalue weighted by Gasteiger charge is 2.25. The number of carboxylic acid groups (broad SMARTS) is 1. The van der Waals surface area contributed by atoms with Crippen LogP contribution in [0.3, 0.4) is 0 Å². The Bertz CT molecular complexity index is 399. The maximum Gasteiger partial charge on any atom is 0.330 e. The van der Waals surface area contributed by atoms with Crippen LogP contribution >= 0.6 is 0 Å². The Kier molecular flexibility index (Phi) is 7.50. The summed E-state index contributed by atoms with van der Waals surface area (Å²) in [5.74, 6) is -1.91. The fraction of sp³-hybridized carbons (Fsp3) is 0.667. The molecule has 2 N–H and O–H groups in total. The number of carbonyl (C=O) groups excluding carboxylic acids is 2. The average Bonchev–Trinajstić information content (AvgIpc) is 2.47. The number of aliphatic carboxylic acids is 1. The number of rotatable bonds is 7. The van der Waals surface area contributed by atoms with Gasteiger partial charge in [-0.05, 0) is 26.2 Å². The van der Waals surface area contributed by atoms with Crippen molar-refractivity contribution in [3.63, 3.8) is 0 Å². The molecule has 0 aromatic heterocycles. The average molecular weight is 297 g/mol. The van der Waals surface area contributed by atoms with Gasteiger partial charge in [-0.1, -0.05) is 25.3 Å². The normalized spacial score (nSPS) is 17.4. The van der Waals surface area contributed by atoms with E-state index in [1.807, 2.05) is 0 Å². The van der Waals surface area contributed by atoms with Gasteiger partial charge < -0.3 is 15.2 Å². The highest BCUT2D eigenvalue weighted by atomic mass is 16.5. The molecule has 0 aromatic rings. The van der Waals surface area contributed by atoms with Gasteiger partial charge in [0.05, 0.1) is 6.61 Å². The van der Waals surface area contributed by atoms with E-state index in [-0.39, 0.29) is 24.9 Å². The number of amides is 1. The number of carboxylic acids is 1. The zero-order chi connectivity index (χ0) is 15.7. The van der Waals surface area contributed by atoms with Crippen LogP contribution < -0.4 is 5.32 Å². The Labute approximate surface area is 124 Å². The van der Waals surface area contributed by atoms with Crippen LogP contribution in [0.4, 0.5) is 0 Å². The summed E-state index contributed by atoms with van der Waals surface area (Å²) >= 11 is 0. The summed E-state index contributed by atoms with van der Waals surface area (Å²) in [7, 11) is 0. The standard InChI is InChI=1S/C15H23NO5/c1-2-21-13(17)10-6-9-12(15(19)20)16-14(18)11-7-4-3-5-8-11/h6,10-12H,2-5,7-9H2,1H3,(H,16,18)(H,19,20)/b10-6+/t12-/m0/s1. The lowest BCUT2D eigenvalue weighted by atomic mass is 9.88. The first-order valence-corrected chi connectivity index (χ1v) is 7.41. The van der Waals surface area contributed by atoms with Crippen molar-refractivity contribution in [2.45, 2.75) is 51.5 Å². The van der Waals surface area contributed by atoms with Crippen molar-refractivity contribution in [3.8, 4) is 0 Å². The molecule has 1 fully saturated rings. The molecule has 0 spiro atoms. The molecule has 0 bridgehead atoms. The maximum atomic E-state index is 12.0. The number of nitrogens with one attached hydrogen (secondary N) is 1. The van der Waals surface area contributed by atoms with Crippen molar-refractivity contribution in [2.75, 3.05) is 6.61 Å². The summed E-state index contributed by atoms with van der Waals surface area (Å²) in [6.45, 7) is 1.96. The number of ether oxygens (including phenoxy) is 1. The third-order valence-corrected chi connectivity index (χ3v) is 3.50. The highest BCUT2D eigenvalue weighted by Crippen LogP contribution is 2.23. The largest absolute Gasteiger partial charge is 0.480 e. The predicted molar refractivity (Wildman–Crippen MR) is 76.5 cm³/mol. The zero-order valence-corrected chi connectivity index (χ0v) is 12.3. The number of hydrogen-bond acceptors (Lipinski definition) is 4. The minimum absolute atomic E-state index is 0.0621. The summed E-state index contributed by atoms with van der Waals surface area (Å²) in [4.78, 5) is 34.3. The molecule has 0 saturated heterocycles. The molecule has 118 valence electrons. The smallest absolute Gasteiger partial charge is 0.330 e. The summed E-state index contributed by atoms with van der Waals surface area (Å²) in [5.41, 5.74) is 0. The summed E-state index contributed by atoms with van der Waals surface area (Å²) in [5, 5.41) is 11.7. The fourth-order valence-corrected chi connectivity index (χ4v) is 2.37. The molecule has 1 aliphatic rings. The van der Waals surface area contributed by atoms with Crippen molar-refractivity contribution in [1.29, 1.82) is 0 Å². The van der Waals surface area contributed by atoms with Crippen molar-refractivity contribution < 1.29 is 24.2 Å². The summed E-state index contributed by atoms with van der Waals surface area (Å²) in [6, 6.07) is -1.01. The molecule has 0 radical (unpaired) electrons. The Morgan fingerprint density at radius 2 is 1.95 bits per heavy atom. The molecule has 0 aromatic carbocycles. The second-order valence-electron chi connectivity index (χ2n) is 5.12. The monoisotopic (exact) mass is 297 g/mol. The lowest BCUT2D eigenvalue weighted by Crippen LogP contribution is -2.43. The third-order valence-electron chi connectivity index (χ3n) is 3.50. The molecule has 0 aliphatic heterocycles. The van der Waals surface area contributed by atoms with Gasteiger partial charge in [-0.2, -0.15) is 0 Å². The van der Waals surface area contributed by atoms with E-state index < -0.39 is 18.0 Å². The topological polar surface area (TPSA) is 92.7 Å². The molecule has 1 rings (SSSR count). The molecule has 6 nitrogen and oxygen atoms in total. The van der Waals surface area contributed by atoms with Crippen LogP contribution in [0.2, 0.25) is 0 Å². The van der Waals surface area contributed by atoms with Crippen LogP contribution in [-0.2, 0) is 19.1 Å². The van der Waals surface area contributed by atoms with E-state index in [0.717, 1.165) is 32.1 Å². The molecule has 1 amide bonds. The van der Waals surface area contributed by atoms with E-state index in [2.05, 4.69) is 5.32 Å². The summed E-state index contributed by atoms with van der Waals surface area (Å²) in [6.07, 6.45) is 7.45. The lowest BCUT2D eigenvalue weighted by Gasteiger charge is -2.22. The van der Waals surface area contributed by atoms with Gasteiger partial charge in [-0.15, -0.1) is 0 Å². The first kappa shape index (κ1) is 17.2. The lowest BCUT2D eigenvalue weighted by molar-refractivity contribution is -0.142. The van der Waals surface area contributed by atoms with Gasteiger partial charge >= 0.3 is 11.9 Å². The van der Waals surface area contributed by atoms with Gasteiger partial charge in [0.1, 0.15) is 6.04 Å². The predicted octanol–water partition coefficient (Wildman–Crippen LogP) is 1.65. The molecular weight excluding hydrogens is 274 g/mol. The molecule has 21 heavy (non-hydrogen) atoms. The van der Waals surface area contributed by atoms with Crippen molar-refractivity contribution >= 4 is 17.8 Å². The number of esters is 1. The quantitative estimate of drug-likeness (QED) is 0.550. The van der Waals surface area contributed by atoms with Gasteiger partial charge in [-0.3, -0.25) is 4.79 Å². The van der Waals surface area contributed by atoms with Crippen LogP contribution in [0, 0.1) is 5.92 Å². The number of hydrogen-bond donors (Lipinski definition) is 2. The second-order valence-corrected chi connectivity index (χ2v) is 5.12. The first-order valence-electron chi connectivity index (χ1n) is 7.41. The van der Waals surface area contributed by atoms with E-state index in [1.165, 1.54) is 12.2 Å². The molecule has 1 atom stereocenters. The Balaban J connectivity index is 2.47. The third kappa shape index (κ3) is 6.42. The van der Waals surface area contributed by atoms with E-state index in [0.29, 0.717) is 0 Å². The van der Waals surface area contributed by atoms with Crippen LogP contribution in [0.1, 0.15) is 45.4 Å². The van der Waals surface area contributed by atoms with Gasteiger partial charge in [-0.25, -0.2) is 9.59 Å². The van der Waals surface area contributed by atoms with E-state index >= 15 is 0 Å². The molecule has 6 heteroatoms. The van der Waals surface area contributed by atoms with Crippen LogP contribution in [-0.4, -0.2) is 35.6 Å². The second kappa shape index (κ2) is 9.15. The van der Waals surface area contributed by atoms with E-state index in [9.17, 15) is 14.4 Å². The maximum absolute atomic E-state index is 12.0. The fourth-order valence-electron chi connectivity index (χ4n) is 2.37. The summed E-state index contributed by atoms with van der Waals surface area (Å²) < 4.78 is 4.70. The van der Waals surface area contributed by atoms with Gasteiger partial charge in [0.15, 0.2) is 0 Å². The molecule has 0 heterocycles. The Hall–Kier alpha value is -1.85. The first-order chi connectivity index (χ1) is 10.0. The van der Waals surface area contributed by atoms with E-state index in [1.54, 1.807) is 6.92 Å². The van der Waals surface area contributed by atoms with Gasteiger partial charge in [0, 0.05) is 12.0 Å². The SMILES string of the molecule is CCOC(=O)/C=C/C[C@H](NC(=O)C1CCCCC1)C(=O)O. The Morgan fingerprint density at radius 3 is 2.52 bits per heavy atom. The van der Waals surface area contributed by atoms with E-state index in [4.69, 9.17) is 9.84 Å². The van der Waals surface area contributed by atoms with Crippen LogP contribution in [0.25, 0.3) is 0 Å². The highest BCUT2D eigenvalue weighted by molar-refractivity contribution is 5.85. The van der Waals surface area contributed by atoms with Gasteiger partial charge in [0.2, 0.25) is 5.91 Å². The van der Waals surface area contributed by atoms with Crippen molar-refractivity contribution in [1.82, 2.24) is 5.32 Å². The molecular formula is C15H23NO5. The van der Waals surface area contributed by atoms with Gasteiger partial charge in [0.25, 0.3) is 0 Å².